The zero-order valence-corrected chi connectivity index (χ0v) is 16.7. The molecule has 0 bridgehead atoms. The van der Waals surface area contributed by atoms with Crippen molar-refractivity contribution in [2.75, 3.05) is 33.4 Å². The zero-order valence-electron chi connectivity index (χ0n) is 16.7. The van der Waals surface area contributed by atoms with E-state index in [2.05, 4.69) is 34.1 Å². The van der Waals surface area contributed by atoms with E-state index in [1.54, 1.807) is 7.11 Å². The van der Waals surface area contributed by atoms with Crippen molar-refractivity contribution in [2.45, 2.75) is 64.3 Å². The Kier molecular flexibility index (Phi) is 8.11. The number of carbonyl (C=O) groups excluding carboxylic acids is 1. The highest BCUT2D eigenvalue weighted by atomic mass is 16.5. The highest BCUT2D eigenvalue weighted by Gasteiger charge is 2.32. The van der Waals surface area contributed by atoms with Gasteiger partial charge in [0.1, 0.15) is 6.61 Å². The van der Waals surface area contributed by atoms with Crippen LogP contribution in [0.5, 0.6) is 0 Å². The van der Waals surface area contributed by atoms with Crippen molar-refractivity contribution >= 4 is 5.97 Å². The van der Waals surface area contributed by atoms with Gasteiger partial charge >= 0.3 is 5.97 Å². The molecule has 0 amide bonds. The van der Waals surface area contributed by atoms with Crippen molar-refractivity contribution in [3.8, 4) is 0 Å². The first-order valence-electron chi connectivity index (χ1n) is 10.5. The normalized spacial score (nSPS) is 20.6. The largest absolute Gasteiger partial charge is 0.461 e. The predicted molar refractivity (Wildman–Crippen MR) is 106 cm³/mol. The standard InChI is InChI=1S/C22H34N2O3/c1-26-16-4-2-3-8-22(25)27-18-20-11-9-19(10-12-20)17-24-15-6-14-23-13-5-7-21(23)24/h9-12,21H,2-8,13-18H2,1H3. The minimum absolute atomic E-state index is 0.105. The molecule has 1 unspecified atom stereocenters. The van der Waals surface area contributed by atoms with Crippen molar-refractivity contribution in [1.82, 2.24) is 9.80 Å². The van der Waals surface area contributed by atoms with E-state index in [-0.39, 0.29) is 5.97 Å². The summed E-state index contributed by atoms with van der Waals surface area (Å²) in [6, 6.07) is 8.55. The lowest BCUT2D eigenvalue weighted by atomic mass is 10.1. The van der Waals surface area contributed by atoms with Crippen LogP contribution in [-0.4, -0.2) is 55.3 Å². The molecule has 3 rings (SSSR count). The average molecular weight is 375 g/mol. The third-order valence-corrected chi connectivity index (χ3v) is 5.68. The first-order valence-corrected chi connectivity index (χ1v) is 10.5. The monoisotopic (exact) mass is 374 g/mol. The number of benzene rings is 1. The lowest BCUT2D eigenvalue weighted by Gasteiger charge is -2.40. The quantitative estimate of drug-likeness (QED) is 0.463. The van der Waals surface area contributed by atoms with Crippen molar-refractivity contribution < 1.29 is 14.3 Å². The molecule has 2 heterocycles. The van der Waals surface area contributed by atoms with Gasteiger partial charge in [0.25, 0.3) is 0 Å². The van der Waals surface area contributed by atoms with E-state index in [1.807, 2.05) is 0 Å². The lowest BCUT2D eigenvalue weighted by molar-refractivity contribution is -0.145. The molecule has 0 N–H and O–H groups in total. The van der Waals surface area contributed by atoms with Crippen LogP contribution >= 0.6 is 0 Å². The number of unbranched alkanes of at least 4 members (excludes halogenated alkanes) is 2. The lowest BCUT2D eigenvalue weighted by Crippen LogP contribution is -2.49. The molecule has 0 aliphatic carbocycles. The van der Waals surface area contributed by atoms with Crippen LogP contribution in [0, 0.1) is 0 Å². The molecule has 0 spiro atoms. The first-order chi connectivity index (χ1) is 13.3. The van der Waals surface area contributed by atoms with Gasteiger partial charge in [-0.2, -0.15) is 0 Å². The van der Waals surface area contributed by atoms with Gasteiger partial charge in [0.2, 0.25) is 0 Å². The molecule has 5 nitrogen and oxygen atoms in total. The number of fused-ring (bicyclic) bond motifs is 1. The molecule has 1 aromatic carbocycles. The fraction of sp³-hybridized carbons (Fsp3) is 0.682. The van der Waals surface area contributed by atoms with Gasteiger partial charge in [-0.05, 0) is 49.8 Å². The Morgan fingerprint density at radius 1 is 1.04 bits per heavy atom. The van der Waals surface area contributed by atoms with Gasteiger partial charge in [0.05, 0.1) is 6.17 Å². The molecule has 150 valence electrons. The van der Waals surface area contributed by atoms with Crippen molar-refractivity contribution in [3.63, 3.8) is 0 Å². The van der Waals surface area contributed by atoms with Crippen LogP contribution in [0.15, 0.2) is 24.3 Å². The summed E-state index contributed by atoms with van der Waals surface area (Å²) in [4.78, 5) is 17.1. The van der Waals surface area contributed by atoms with Gasteiger partial charge in [0.15, 0.2) is 0 Å². The minimum Gasteiger partial charge on any atom is -0.461 e. The third kappa shape index (κ3) is 6.30. The Bertz CT molecular complexity index is 575. The highest BCUT2D eigenvalue weighted by Crippen LogP contribution is 2.26. The Morgan fingerprint density at radius 2 is 1.81 bits per heavy atom. The van der Waals surface area contributed by atoms with Gasteiger partial charge in [-0.1, -0.05) is 30.7 Å². The Labute approximate surface area is 163 Å². The topological polar surface area (TPSA) is 42.0 Å². The Hall–Kier alpha value is -1.43. The smallest absolute Gasteiger partial charge is 0.306 e. The van der Waals surface area contributed by atoms with Crippen LogP contribution in [0.4, 0.5) is 0 Å². The number of nitrogens with zero attached hydrogens (tertiary/aromatic N) is 2. The predicted octanol–water partition coefficient (Wildman–Crippen LogP) is 3.56. The van der Waals surface area contributed by atoms with Crippen molar-refractivity contribution in [1.29, 1.82) is 0 Å². The second-order valence-corrected chi connectivity index (χ2v) is 7.76. The number of methoxy groups -OCH3 is 1. The second-order valence-electron chi connectivity index (χ2n) is 7.76. The first kappa shape index (κ1) is 20.3. The Balaban J connectivity index is 1.38. The fourth-order valence-electron chi connectivity index (χ4n) is 4.20. The summed E-state index contributed by atoms with van der Waals surface area (Å²) in [5.74, 6) is -0.105. The molecule has 2 aliphatic heterocycles. The number of esters is 1. The molecule has 1 atom stereocenters. The molecule has 1 aromatic rings. The molecule has 2 fully saturated rings. The number of rotatable bonds is 10. The average Bonchev–Trinajstić information content (AvgIpc) is 3.17. The number of hydrogen-bond donors (Lipinski definition) is 0. The van der Waals surface area contributed by atoms with E-state index in [0.29, 0.717) is 19.2 Å². The van der Waals surface area contributed by atoms with Gasteiger partial charge in [0, 0.05) is 39.8 Å². The van der Waals surface area contributed by atoms with Crippen LogP contribution in [0.1, 0.15) is 56.1 Å². The second kappa shape index (κ2) is 10.8. The maximum atomic E-state index is 11.8. The summed E-state index contributed by atoms with van der Waals surface area (Å²) in [5.41, 5.74) is 2.41. The molecule has 0 radical (unpaired) electrons. The third-order valence-electron chi connectivity index (χ3n) is 5.68. The maximum Gasteiger partial charge on any atom is 0.306 e. The van der Waals surface area contributed by atoms with Gasteiger partial charge < -0.3 is 9.47 Å². The van der Waals surface area contributed by atoms with Crippen LogP contribution < -0.4 is 0 Å². The SMILES string of the molecule is COCCCCCC(=O)OCc1ccc(CN2CCCN3CCCC32)cc1. The van der Waals surface area contributed by atoms with E-state index >= 15 is 0 Å². The van der Waals surface area contributed by atoms with Gasteiger partial charge in [-0.15, -0.1) is 0 Å². The van der Waals surface area contributed by atoms with E-state index in [4.69, 9.17) is 9.47 Å². The molecular formula is C22H34N2O3. The highest BCUT2D eigenvalue weighted by molar-refractivity contribution is 5.69. The van der Waals surface area contributed by atoms with Crippen LogP contribution in [0.2, 0.25) is 0 Å². The molecular weight excluding hydrogens is 340 g/mol. The van der Waals surface area contributed by atoms with Gasteiger partial charge in [-0.3, -0.25) is 14.6 Å². The number of hydrogen-bond acceptors (Lipinski definition) is 5. The number of ether oxygens (including phenoxy) is 2. The minimum atomic E-state index is -0.105. The summed E-state index contributed by atoms with van der Waals surface area (Å²) >= 11 is 0. The van der Waals surface area contributed by atoms with E-state index in [9.17, 15) is 4.79 Å². The van der Waals surface area contributed by atoms with Crippen LogP contribution in [-0.2, 0) is 27.4 Å². The summed E-state index contributed by atoms with van der Waals surface area (Å²) in [6.07, 6.45) is 7.92. The summed E-state index contributed by atoms with van der Waals surface area (Å²) in [5, 5.41) is 0. The zero-order chi connectivity index (χ0) is 18.9. The van der Waals surface area contributed by atoms with E-state index in [0.717, 1.165) is 38.0 Å². The van der Waals surface area contributed by atoms with E-state index in [1.165, 1.54) is 44.5 Å². The maximum absolute atomic E-state index is 11.8. The van der Waals surface area contributed by atoms with Gasteiger partial charge in [-0.25, -0.2) is 0 Å². The summed E-state index contributed by atoms with van der Waals surface area (Å²) in [6.45, 7) is 5.87. The van der Waals surface area contributed by atoms with Crippen LogP contribution in [0.3, 0.4) is 0 Å². The molecule has 2 saturated heterocycles. The summed E-state index contributed by atoms with van der Waals surface area (Å²) < 4.78 is 10.4. The molecule has 0 saturated carbocycles. The van der Waals surface area contributed by atoms with E-state index < -0.39 is 0 Å². The van der Waals surface area contributed by atoms with Crippen LogP contribution in [0.25, 0.3) is 0 Å². The van der Waals surface area contributed by atoms with Crippen molar-refractivity contribution in [3.05, 3.63) is 35.4 Å². The van der Waals surface area contributed by atoms with Crippen molar-refractivity contribution in [2.24, 2.45) is 0 Å². The molecule has 27 heavy (non-hydrogen) atoms. The summed E-state index contributed by atoms with van der Waals surface area (Å²) in [7, 11) is 1.70. The molecule has 5 heteroatoms. The molecule has 2 aliphatic rings. The Morgan fingerprint density at radius 3 is 2.63 bits per heavy atom. The number of carbonyl (C=O) groups is 1. The molecule has 0 aromatic heterocycles. The fourth-order valence-corrected chi connectivity index (χ4v) is 4.20.